The molecule has 15 heavy (non-hydrogen) atoms. The van der Waals surface area contributed by atoms with Gasteiger partial charge in [-0.2, -0.15) is 0 Å². The van der Waals surface area contributed by atoms with E-state index in [1.807, 2.05) is 0 Å². The molecule has 1 unspecified atom stereocenters. The minimum Gasteiger partial charge on any atom is -0.480 e. The van der Waals surface area contributed by atoms with Gasteiger partial charge in [-0.3, -0.25) is 4.79 Å². The van der Waals surface area contributed by atoms with Crippen molar-refractivity contribution in [1.82, 2.24) is 10.6 Å². The molecule has 0 aromatic rings. The topological polar surface area (TPSA) is 113 Å². The molecule has 0 aromatic carbocycles. The molecule has 1 atom stereocenters. The molecule has 7 nitrogen and oxygen atoms in total. The second-order valence-corrected chi connectivity index (χ2v) is 5.35. The first kappa shape index (κ1) is 13.7. The predicted molar refractivity (Wildman–Crippen MR) is 53.3 cm³/mol. The Bertz CT molecular complexity index is 337. The SMILES string of the molecule is CC(NC(=O)NCCS(C)(=O)=O)C(=O)O. The van der Waals surface area contributed by atoms with E-state index >= 15 is 0 Å². The molecular weight excluding hydrogens is 224 g/mol. The number of aliphatic carboxylic acids is 1. The second kappa shape index (κ2) is 5.54. The molecular formula is C7H14N2O5S. The van der Waals surface area contributed by atoms with Crippen LogP contribution in [0.4, 0.5) is 4.79 Å². The van der Waals surface area contributed by atoms with Crippen LogP contribution in [0.3, 0.4) is 0 Å². The van der Waals surface area contributed by atoms with Crippen molar-refractivity contribution in [2.75, 3.05) is 18.6 Å². The van der Waals surface area contributed by atoms with Crippen molar-refractivity contribution in [2.45, 2.75) is 13.0 Å². The number of amides is 2. The van der Waals surface area contributed by atoms with E-state index in [1.54, 1.807) is 0 Å². The van der Waals surface area contributed by atoms with Crippen LogP contribution in [0.15, 0.2) is 0 Å². The van der Waals surface area contributed by atoms with E-state index in [2.05, 4.69) is 10.6 Å². The lowest BCUT2D eigenvalue weighted by molar-refractivity contribution is -0.138. The van der Waals surface area contributed by atoms with Gasteiger partial charge in [-0.25, -0.2) is 13.2 Å². The quantitative estimate of drug-likeness (QED) is 0.557. The lowest BCUT2D eigenvalue weighted by atomic mass is 10.3. The van der Waals surface area contributed by atoms with Crippen molar-refractivity contribution in [3.63, 3.8) is 0 Å². The van der Waals surface area contributed by atoms with Gasteiger partial charge < -0.3 is 15.7 Å². The molecule has 0 aliphatic rings. The third-order valence-electron chi connectivity index (χ3n) is 1.48. The van der Waals surface area contributed by atoms with Crippen molar-refractivity contribution in [2.24, 2.45) is 0 Å². The molecule has 8 heteroatoms. The van der Waals surface area contributed by atoms with Gasteiger partial charge in [-0.05, 0) is 6.92 Å². The van der Waals surface area contributed by atoms with Crippen LogP contribution in [0.25, 0.3) is 0 Å². The molecule has 0 heterocycles. The summed E-state index contributed by atoms with van der Waals surface area (Å²) >= 11 is 0. The van der Waals surface area contributed by atoms with Gasteiger partial charge >= 0.3 is 12.0 Å². The molecule has 0 saturated carbocycles. The molecule has 0 bridgehead atoms. The van der Waals surface area contributed by atoms with Gasteiger partial charge in [0.25, 0.3) is 0 Å². The summed E-state index contributed by atoms with van der Waals surface area (Å²) in [6.07, 6.45) is 1.05. The smallest absolute Gasteiger partial charge is 0.325 e. The highest BCUT2D eigenvalue weighted by Crippen LogP contribution is 1.82. The van der Waals surface area contributed by atoms with E-state index < -0.39 is 27.9 Å². The van der Waals surface area contributed by atoms with Gasteiger partial charge in [-0.1, -0.05) is 0 Å². The zero-order chi connectivity index (χ0) is 12.1. The van der Waals surface area contributed by atoms with Gasteiger partial charge in [0.2, 0.25) is 0 Å². The summed E-state index contributed by atoms with van der Waals surface area (Å²) in [6.45, 7) is 1.26. The van der Waals surface area contributed by atoms with Gasteiger partial charge in [-0.15, -0.1) is 0 Å². The Morgan fingerprint density at radius 1 is 1.40 bits per heavy atom. The van der Waals surface area contributed by atoms with Crippen molar-refractivity contribution in [3.05, 3.63) is 0 Å². The molecule has 88 valence electrons. The fourth-order valence-electron chi connectivity index (χ4n) is 0.659. The van der Waals surface area contributed by atoms with E-state index in [0.29, 0.717) is 0 Å². The van der Waals surface area contributed by atoms with Gasteiger partial charge in [0.15, 0.2) is 0 Å². The van der Waals surface area contributed by atoms with Gasteiger partial charge in [0.05, 0.1) is 5.75 Å². The monoisotopic (exact) mass is 238 g/mol. The summed E-state index contributed by atoms with van der Waals surface area (Å²) in [7, 11) is -3.12. The standard InChI is InChI=1S/C7H14N2O5S/c1-5(6(10)11)9-7(12)8-3-4-15(2,13)14/h5H,3-4H2,1-2H3,(H,10,11)(H2,8,9,12). The van der Waals surface area contributed by atoms with E-state index in [1.165, 1.54) is 6.92 Å². The minimum atomic E-state index is -3.12. The van der Waals surface area contributed by atoms with Crippen molar-refractivity contribution < 1.29 is 23.1 Å². The summed E-state index contributed by atoms with van der Waals surface area (Å²) in [5, 5.41) is 12.8. The number of carboxylic acid groups (broad SMARTS) is 1. The van der Waals surface area contributed by atoms with Crippen LogP contribution in [0.5, 0.6) is 0 Å². The van der Waals surface area contributed by atoms with E-state index in [9.17, 15) is 18.0 Å². The number of hydrogen-bond donors (Lipinski definition) is 3. The maximum Gasteiger partial charge on any atom is 0.325 e. The molecule has 0 fully saturated rings. The molecule has 0 aliphatic heterocycles. The largest absolute Gasteiger partial charge is 0.480 e. The molecule has 0 saturated heterocycles. The van der Waals surface area contributed by atoms with Crippen LogP contribution >= 0.6 is 0 Å². The first-order valence-electron chi connectivity index (χ1n) is 4.17. The zero-order valence-corrected chi connectivity index (χ0v) is 9.30. The Balaban J connectivity index is 3.82. The van der Waals surface area contributed by atoms with E-state index in [0.717, 1.165) is 6.26 Å². The molecule has 2 amide bonds. The summed E-state index contributed by atoms with van der Waals surface area (Å²) in [5.74, 6) is -1.34. The van der Waals surface area contributed by atoms with Crippen LogP contribution < -0.4 is 10.6 Å². The minimum absolute atomic E-state index is 0.0446. The van der Waals surface area contributed by atoms with Crippen molar-refractivity contribution >= 4 is 21.8 Å². The highest BCUT2D eigenvalue weighted by Gasteiger charge is 2.13. The van der Waals surface area contributed by atoms with Gasteiger partial charge in [0, 0.05) is 12.8 Å². The predicted octanol–water partition coefficient (Wildman–Crippen LogP) is -1.20. The van der Waals surface area contributed by atoms with Crippen LogP contribution in [0, 0.1) is 0 Å². The number of urea groups is 1. The number of hydrogen-bond acceptors (Lipinski definition) is 4. The number of carbonyl (C=O) groups excluding carboxylic acids is 1. The first-order chi connectivity index (χ1) is 6.72. The number of nitrogens with one attached hydrogen (secondary N) is 2. The molecule has 0 aromatic heterocycles. The van der Waals surface area contributed by atoms with Gasteiger partial charge in [0.1, 0.15) is 15.9 Å². The average Bonchev–Trinajstić information content (AvgIpc) is 2.01. The van der Waals surface area contributed by atoms with Crippen LogP contribution in [-0.4, -0.2) is 50.1 Å². The van der Waals surface area contributed by atoms with Crippen molar-refractivity contribution in [1.29, 1.82) is 0 Å². The average molecular weight is 238 g/mol. The molecule has 0 radical (unpaired) electrons. The normalized spacial score (nSPS) is 12.9. The maximum atomic E-state index is 11.0. The Morgan fingerprint density at radius 2 is 1.93 bits per heavy atom. The number of carboxylic acids is 1. The first-order valence-corrected chi connectivity index (χ1v) is 6.23. The van der Waals surface area contributed by atoms with Crippen LogP contribution in [0.2, 0.25) is 0 Å². The Hall–Kier alpha value is -1.31. The molecule has 0 rings (SSSR count). The number of carbonyl (C=O) groups is 2. The summed E-state index contributed by atoms with van der Waals surface area (Å²) < 4.78 is 21.4. The van der Waals surface area contributed by atoms with Crippen LogP contribution in [0.1, 0.15) is 6.92 Å². The summed E-state index contributed by atoms with van der Waals surface area (Å²) in [5.41, 5.74) is 0. The van der Waals surface area contributed by atoms with E-state index in [4.69, 9.17) is 5.11 Å². The maximum absolute atomic E-state index is 11.0. The fraction of sp³-hybridized carbons (Fsp3) is 0.714. The molecule has 0 aliphatic carbocycles. The second-order valence-electron chi connectivity index (χ2n) is 3.09. The highest BCUT2D eigenvalue weighted by molar-refractivity contribution is 7.90. The van der Waals surface area contributed by atoms with Crippen LogP contribution in [-0.2, 0) is 14.6 Å². The highest BCUT2D eigenvalue weighted by atomic mass is 32.2. The third kappa shape index (κ3) is 7.74. The van der Waals surface area contributed by atoms with Crippen molar-refractivity contribution in [3.8, 4) is 0 Å². The molecule has 3 N–H and O–H groups in total. The Labute approximate surface area is 87.8 Å². The Morgan fingerprint density at radius 3 is 2.33 bits per heavy atom. The zero-order valence-electron chi connectivity index (χ0n) is 8.48. The summed E-state index contributed by atoms with van der Waals surface area (Å²) in [6, 6.07) is -1.71. The third-order valence-corrected chi connectivity index (χ3v) is 2.42. The lowest BCUT2D eigenvalue weighted by Gasteiger charge is -2.09. The summed E-state index contributed by atoms with van der Waals surface area (Å²) in [4.78, 5) is 21.3. The Kier molecular flexibility index (Phi) is 5.06. The lowest BCUT2D eigenvalue weighted by Crippen LogP contribution is -2.45. The number of rotatable bonds is 5. The number of sulfone groups is 1. The molecule has 0 spiro atoms. The van der Waals surface area contributed by atoms with E-state index in [-0.39, 0.29) is 12.3 Å². The fourth-order valence-corrected chi connectivity index (χ4v) is 1.13.